The number of hydrogen-bond acceptors (Lipinski definition) is 7. The Bertz CT molecular complexity index is 1280. The van der Waals surface area contributed by atoms with Gasteiger partial charge in [0.2, 0.25) is 0 Å². The number of carbonyl (C=O) groups excluding carboxylic acids is 2. The minimum atomic E-state index is -0.272. The molecule has 178 valence electrons. The van der Waals surface area contributed by atoms with Gasteiger partial charge in [0.05, 0.1) is 22.5 Å². The van der Waals surface area contributed by atoms with Crippen molar-refractivity contribution in [2.24, 2.45) is 0 Å². The second-order valence-corrected chi connectivity index (χ2v) is 10.6. The summed E-state index contributed by atoms with van der Waals surface area (Å²) >= 11 is 8.03. The van der Waals surface area contributed by atoms with E-state index >= 15 is 0 Å². The van der Waals surface area contributed by atoms with Crippen LogP contribution in [0.15, 0.2) is 24.5 Å². The number of amides is 3. The lowest BCUT2D eigenvalue weighted by atomic mass is 9.97. The third-order valence-corrected chi connectivity index (χ3v) is 7.93. The third-order valence-electron chi connectivity index (χ3n) is 6.60. The number of thiophene rings is 1. The smallest absolute Gasteiger partial charge is 0.318 e. The van der Waals surface area contributed by atoms with Crippen molar-refractivity contribution < 1.29 is 9.59 Å². The molecule has 8 nitrogen and oxygen atoms in total. The number of fused-ring (bicyclic) bond motifs is 1. The number of nitrogens with one attached hydrogen (secondary N) is 1. The van der Waals surface area contributed by atoms with E-state index in [1.807, 2.05) is 18.2 Å². The monoisotopic (exact) mass is 498 g/mol. The van der Waals surface area contributed by atoms with Crippen molar-refractivity contribution in [2.45, 2.75) is 33.0 Å². The van der Waals surface area contributed by atoms with Crippen LogP contribution in [0, 0.1) is 6.92 Å². The van der Waals surface area contributed by atoms with Crippen molar-refractivity contribution in [3.05, 3.63) is 45.6 Å². The van der Waals surface area contributed by atoms with Gasteiger partial charge in [-0.15, -0.1) is 11.3 Å². The molecule has 3 amide bonds. The van der Waals surface area contributed by atoms with E-state index in [9.17, 15) is 9.59 Å². The molecule has 2 fully saturated rings. The predicted octanol–water partition coefficient (Wildman–Crippen LogP) is 3.51. The fourth-order valence-electron chi connectivity index (χ4n) is 4.67. The van der Waals surface area contributed by atoms with Crippen molar-refractivity contribution >= 4 is 45.1 Å². The second-order valence-electron chi connectivity index (χ2n) is 9.04. The van der Waals surface area contributed by atoms with Crippen LogP contribution in [0.4, 0.5) is 4.79 Å². The highest BCUT2D eigenvalue weighted by atomic mass is 35.5. The molecule has 1 unspecified atom stereocenters. The average molecular weight is 499 g/mol. The Kier molecular flexibility index (Phi) is 6.28. The molecular weight excluding hydrogens is 472 g/mol. The van der Waals surface area contributed by atoms with Crippen molar-refractivity contribution in [3.63, 3.8) is 0 Å². The minimum Gasteiger partial charge on any atom is -0.318 e. The number of aryl methyl sites for hydroxylation is 1. The molecular formula is C24H27ClN6O2S. The molecule has 2 aliphatic rings. The van der Waals surface area contributed by atoms with E-state index in [1.54, 1.807) is 13.4 Å². The number of urea groups is 1. The standard InChI is InChI=1S/C24H27ClN6O2S/c1-14-6-16(25)7-18(19(14)11-30-5-4-26-9-15(30)2)22-23-20(27-13-28-22)8-17(34-23)10-31-21(32)12-29(3)24(31)33/h6-8,13,15,26H,4-5,9-12H2,1-3H3. The number of rotatable bonds is 5. The molecule has 1 aromatic carbocycles. The van der Waals surface area contributed by atoms with Crippen LogP contribution in [0.5, 0.6) is 0 Å². The summed E-state index contributed by atoms with van der Waals surface area (Å²) in [6.07, 6.45) is 1.57. The summed E-state index contributed by atoms with van der Waals surface area (Å²) in [6.45, 7) is 8.43. The normalized spacial score (nSPS) is 19.6. The summed E-state index contributed by atoms with van der Waals surface area (Å²) in [6, 6.07) is 6.10. The van der Waals surface area contributed by atoms with Gasteiger partial charge in [-0.05, 0) is 43.2 Å². The average Bonchev–Trinajstić information content (AvgIpc) is 3.32. The molecule has 1 N–H and O–H groups in total. The van der Waals surface area contributed by atoms with Gasteiger partial charge in [0.15, 0.2) is 0 Å². The summed E-state index contributed by atoms with van der Waals surface area (Å²) in [4.78, 5) is 39.8. The van der Waals surface area contributed by atoms with Crippen LogP contribution in [0.3, 0.4) is 0 Å². The molecule has 2 aromatic heterocycles. The number of hydrogen-bond donors (Lipinski definition) is 1. The Balaban J connectivity index is 1.54. The van der Waals surface area contributed by atoms with E-state index < -0.39 is 0 Å². The predicted molar refractivity (Wildman–Crippen MR) is 134 cm³/mol. The van der Waals surface area contributed by atoms with E-state index in [0.29, 0.717) is 11.1 Å². The van der Waals surface area contributed by atoms with Crippen LogP contribution in [-0.4, -0.2) is 75.9 Å². The number of benzene rings is 1. The van der Waals surface area contributed by atoms with Crippen LogP contribution in [0.25, 0.3) is 21.5 Å². The lowest BCUT2D eigenvalue weighted by Gasteiger charge is -2.34. The first-order valence-corrected chi connectivity index (χ1v) is 12.5. The molecule has 10 heteroatoms. The summed E-state index contributed by atoms with van der Waals surface area (Å²) in [7, 11) is 1.64. The topological polar surface area (TPSA) is 81.7 Å². The first kappa shape index (κ1) is 23.2. The summed E-state index contributed by atoms with van der Waals surface area (Å²) in [5.41, 5.74) is 4.98. The van der Waals surface area contributed by atoms with Crippen LogP contribution in [-0.2, 0) is 17.9 Å². The first-order chi connectivity index (χ1) is 16.3. The van der Waals surface area contributed by atoms with Crippen LogP contribution in [0.1, 0.15) is 22.9 Å². The van der Waals surface area contributed by atoms with E-state index in [1.165, 1.54) is 26.7 Å². The van der Waals surface area contributed by atoms with Crippen LogP contribution >= 0.6 is 22.9 Å². The van der Waals surface area contributed by atoms with Gasteiger partial charge < -0.3 is 10.2 Å². The molecule has 0 radical (unpaired) electrons. The Morgan fingerprint density at radius 1 is 1.21 bits per heavy atom. The lowest BCUT2D eigenvalue weighted by Crippen LogP contribution is -2.49. The maximum absolute atomic E-state index is 12.3. The largest absolute Gasteiger partial charge is 0.327 e. The number of likely N-dealkylation sites (N-methyl/N-ethyl adjacent to an activating group) is 1. The van der Waals surface area contributed by atoms with Crippen molar-refractivity contribution in [3.8, 4) is 11.3 Å². The van der Waals surface area contributed by atoms with Gasteiger partial charge in [-0.3, -0.25) is 14.6 Å². The molecule has 4 heterocycles. The number of nitrogens with zero attached hydrogens (tertiary/aromatic N) is 5. The molecule has 0 spiro atoms. The Morgan fingerprint density at radius 2 is 2.03 bits per heavy atom. The minimum absolute atomic E-state index is 0.115. The maximum atomic E-state index is 12.3. The van der Waals surface area contributed by atoms with Crippen molar-refractivity contribution in [1.82, 2.24) is 30.0 Å². The fraction of sp³-hybridized carbons (Fsp3) is 0.417. The molecule has 34 heavy (non-hydrogen) atoms. The Labute approximate surface area is 207 Å². The fourth-order valence-corrected chi connectivity index (χ4v) is 6.04. The highest BCUT2D eigenvalue weighted by Crippen LogP contribution is 2.37. The van der Waals surface area contributed by atoms with Crippen LogP contribution in [0.2, 0.25) is 5.02 Å². The van der Waals surface area contributed by atoms with E-state index in [-0.39, 0.29) is 25.0 Å². The van der Waals surface area contributed by atoms with Crippen LogP contribution < -0.4 is 5.32 Å². The van der Waals surface area contributed by atoms with Gasteiger partial charge in [-0.1, -0.05) is 11.6 Å². The van der Waals surface area contributed by atoms with Crippen molar-refractivity contribution in [2.75, 3.05) is 33.2 Å². The summed E-state index contributed by atoms with van der Waals surface area (Å²) in [5.74, 6) is -0.186. The number of piperazine rings is 1. The zero-order valence-electron chi connectivity index (χ0n) is 19.5. The number of halogens is 1. The molecule has 5 rings (SSSR count). The SMILES string of the molecule is Cc1cc(Cl)cc(-c2ncnc3cc(CN4C(=O)CN(C)C4=O)sc23)c1CN1CCNCC1C. The molecule has 2 aliphatic heterocycles. The van der Waals surface area contributed by atoms with Crippen molar-refractivity contribution in [1.29, 1.82) is 0 Å². The molecule has 0 aliphatic carbocycles. The van der Waals surface area contributed by atoms with E-state index in [0.717, 1.165) is 58.1 Å². The third kappa shape index (κ3) is 4.29. The Hall–Kier alpha value is -2.59. The van der Waals surface area contributed by atoms with Gasteiger partial charge in [0.1, 0.15) is 12.9 Å². The van der Waals surface area contributed by atoms with Gasteiger partial charge >= 0.3 is 6.03 Å². The maximum Gasteiger partial charge on any atom is 0.327 e. The second kappa shape index (κ2) is 9.22. The Morgan fingerprint density at radius 3 is 2.76 bits per heavy atom. The zero-order chi connectivity index (χ0) is 24.0. The molecule has 2 saturated heterocycles. The molecule has 0 saturated carbocycles. The van der Waals surface area contributed by atoms with Gasteiger partial charge in [0, 0.05) is 54.7 Å². The zero-order valence-corrected chi connectivity index (χ0v) is 21.0. The van der Waals surface area contributed by atoms with Gasteiger partial charge in [-0.25, -0.2) is 14.8 Å². The first-order valence-electron chi connectivity index (χ1n) is 11.3. The van der Waals surface area contributed by atoms with Gasteiger partial charge in [0.25, 0.3) is 5.91 Å². The summed E-state index contributed by atoms with van der Waals surface area (Å²) in [5, 5.41) is 4.12. The number of imide groups is 1. The molecule has 0 bridgehead atoms. The molecule has 3 aromatic rings. The molecule has 1 atom stereocenters. The van der Waals surface area contributed by atoms with Gasteiger partial charge in [-0.2, -0.15) is 0 Å². The lowest BCUT2D eigenvalue weighted by molar-refractivity contribution is -0.125. The summed E-state index contributed by atoms with van der Waals surface area (Å²) < 4.78 is 0.932. The number of carbonyl (C=O) groups is 2. The highest BCUT2D eigenvalue weighted by molar-refractivity contribution is 7.19. The quantitative estimate of drug-likeness (QED) is 0.542. The highest BCUT2D eigenvalue weighted by Gasteiger charge is 2.34. The van der Waals surface area contributed by atoms with E-state index in [4.69, 9.17) is 11.6 Å². The van der Waals surface area contributed by atoms with E-state index in [2.05, 4.69) is 34.0 Å². The number of aromatic nitrogens is 2.